The number of rotatable bonds is 4. The zero-order valence-electron chi connectivity index (χ0n) is 19.6. The molecule has 1 aliphatic rings. The first-order valence-electron chi connectivity index (χ1n) is 11.3. The number of amides is 1. The Morgan fingerprint density at radius 2 is 1.91 bits per heavy atom. The maximum absolute atomic E-state index is 15.6. The van der Waals surface area contributed by atoms with Crippen LogP contribution in [-0.2, 0) is 5.54 Å². The molecule has 4 aromatic rings. The maximum Gasteiger partial charge on any atom is 0.258 e. The molecule has 0 radical (unpaired) electrons. The predicted molar refractivity (Wildman–Crippen MR) is 132 cm³/mol. The van der Waals surface area contributed by atoms with Gasteiger partial charge in [0.2, 0.25) is 0 Å². The van der Waals surface area contributed by atoms with Gasteiger partial charge in [-0.05, 0) is 62.6 Å². The topological polar surface area (TPSA) is 58.2 Å². The molecule has 35 heavy (non-hydrogen) atoms. The van der Waals surface area contributed by atoms with E-state index in [9.17, 15) is 9.18 Å². The van der Waals surface area contributed by atoms with Gasteiger partial charge >= 0.3 is 0 Å². The van der Waals surface area contributed by atoms with Crippen LogP contribution in [0.1, 0.15) is 41.5 Å². The molecule has 0 aliphatic carbocycles. The van der Waals surface area contributed by atoms with Crippen LogP contribution < -0.4 is 4.74 Å². The van der Waals surface area contributed by atoms with Gasteiger partial charge in [0.05, 0.1) is 29.2 Å². The fraction of sp³-hybridized carbons (Fsp3) is 0.259. The number of H-pyrrole nitrogens is 1. The minimum atomic E-state index is -0.822. The van der Waals surface area contributed by atoms with E-state index in [0.29, 0.717) is 30.2 Å². The van der Waals surface area contributed by atoms with E-state index in [2.05, 4.69) is 4.98 Å². The number of carbonyl (C=O) groups excluding carboxylic acids is 1. The van der Waals surface area contributed by atoms with Crippen LogP contribution >= 0.6 is 11.6 Å². The Hall–Kier alpha value is -3.45. The van der Waals surface area contributed by atoms with Crippen molar-refractivity contribution in [2.45, 2.75) is 32.2 Å². The summed E-state index contributed by atoms with van der Waals surface area (Å²) in [6, 6.07) is 12.6. The maximum atomic E-state index is 15.6. The molecule has 3 aromatic carbocycles. The molecule has 1 aliphatic heterocycles. The van der Waals surface area contributed by atoms with Crippen LogP contribution in [0.2, 0.25) is 5.02 Å². The monoisotopic (exact) mass is 495 g/mol. The lowest BCUT2D eigenvalue weighted by Crippen LogP contribution is -2.44. The second-order valence-electron chi connectivity index (χ2n) is 8.97. The number of nitrogens with one attached hydrogen (secondary N) is 1. The van der Waals surface area contributed by atoms with Gasteiger partial charge in [-0.3, -0.25) is 4.79 Å². The summed E-state index contributed by atoms with van der Waals surface area (Å²) in [5.41, 5.74) is 1.65. The molecule has 0 saturated carbocycles. The molecule has 0 bridgehead atoms. The molecule has 8 heteroatoms. The molecule has 2 heterocycles. The van der Waals surface area contributed by atoms with E-state index < -0.39 is 23.1 Å². The third kappa shape index (κ3) is 3.65. The number of halogens is 3. The summed E-state index contributed by atoms with van der Waals surface area (Å²) in [4.78, 5) is 23.8. The Morgan fingerprint density at radius 1 is 1.14 bits per heavy atom. The number of aryl methyl sites for hydroxylation is 1. The van der Waals surface area contributed by atoms with Crippen molar-refractivity contribution in [3.05, 3.63) is 82.1 Å². The number of aromatic nitrogens is 2. The van der Waals surface area contributed by atoms with E-state index >= 15 is 4.39 Å². The number of fused-ring (bicyclic) bond motifs is 1. The molecule has 1 amide bonds. The minimum Gasteiger partial charge on any atom is -0.494 e. The second kappa shape index (κ2) is 8.64. The van der Waals surface area contributed by atoms with Crippen LogP contribution in [0.3, 0.4) is 0 Å². The van der Waals surface area contributed by atoms with Crippen LogP contribution in [0.15, 0.2) is 48.5 Å². The summed E-state index contributed by atoms with van der Waals surface area (Å²) in [6.07, 6.45) is 1.34. The van der Waals surface area contributed by atoms with Gasteiger partial charge in [-0.1, -0.05) is 29.8 Å². The second-order valence-corrected chi connectivity index (χ2v) is 9.38. The molecule has 1 unspecified atom stereocenters. The lowest BCUT2D eigenvalue weighted by molar-refractivity contribution is 0.0601. The molecule has 180 valence electrons. The summed E-state index contributed by atoms with van der Waals surface area (Å²) in [6.45, 7) is 4.20. The SMILES string of the molecule is COc1ccc(-c2ccccc2F)c(C(=O)N2CCCC2(C)c2nc3c(C)c(Cl)ccc3[nH]2)c1F. The van der Waals surface area contributed by atoms with Crippen molar-refractivity contribution in [1.82, 2.24) is 14.9 Å². The van der Waals surface area contributed by atoms with Crippen LogP contribution in [0, 0.1) is 18.6 Å². The highest BCUT2D eigenvalue weighted by atomic mass is 35.5. The number of imidazole rings is 1. The van der Waals surface area contributed by atoms with Gasteiger partial charge in [-0.2, -0.15) is 0 Å². The third-order valence-electron chi connectivity index (χ3n) is 6.94. The number of hydrogen-bond donors (Lipinski definition) is 1. The first-order chi connectivity index (χ1) is 16.8. The Bertz CT molecular complexity index is 1470. The van der Waals surface area contributed by atoms with Gasteiger partial charge in [-0.25, -0.2) is 13.8 Å². The Balaban J connectivity index is 1.65. The van der Waals surface area contributed by atoms with Gasteiger partial charge in [0.1, 0.15) is 11.6 Å². The minimum absolute atomic E-state index is 0.0802. The first-order valence-corrected chi connectivity index (χ1v) is 11.7. The van der Waals surface area contributed by atoms with Gasteiger partial charge in [0.15, 0.2) is 11.6 Å². The molecular weight excluding hydrogens is 472 g/mol. The molecular formula is C27H24ClF2N3O2. The van der Waals surface area contributed by atoms with E-state index in [1.54, 1.807) is 23.1 Å². The highest BCUT2D eigenvalue weighted by Gasteiger charge is 2.45. The molecule has 5 nitrogen and oxygen atoms in total. The van der Waals surface area contributed by atoms with E-state index in [-0.39, 0.29) is 22.4 Å². The molecule has 1 fully saturated rings. The van der Waals surface area contributed by atoms with Gasteiger partial charge in [0.25, 0.3) is 5.91 Å². The standard InChI is InChI=1S/C27H24ClF2N3O2/c1-15-18(28)10-11-20-24(15)32-26(31-20)27(2)13-6-14-33(27)25(34)22-17(9-12-21(35-3)23(22)30)16-7-4-5-8-19(16)29/h4-5,7-12H,6,13-14H2,1-3H3,(H,31,32). The Kier molecular flexibility index (Phi) is 5.75. The summed E-state index contributed by atoms with van der Waals surface area (Å²) >= 11 is 6.28. The van der Waals surface area contributed by atoms with Crippen LogP contribution in [0.25, 0.3) is 22.2 Å². The quantitative estimate of drug-likeness (QED) is 0.345. The normalized spacial score (nSPS) is 17.8. The van der Waals surface area contributed by atoms with Crippen LogP contribution in [-0.4, -0.2) is 34.4 Å². The van der Waals surface area contributed by atoms with Crippen LogP contribution in [0.5, 0.6) is 5.75 Å². The molecule has 1 atom stereocenters. The number of hydrogen-bond acceptors (Lipinski definition) is 3. The van der Waals surface area contributed by atoms with E-state index in [0.717, 1.165) is 16.6 Å². The number of aromatic amines is 1. The fourth-order valence-electron chi connectivity index (χ4n) is 4.94. The summed E-state index contributed by atoms with van der Waals surface area (Å²) in [5, 5.41) is 0.605. The molecule has 0 spiro atoms. The number of ether oxygens (including phenoxy) is 1. The van der Waals surface area contributed by atoms with Gasteiger partial charge in [-0.15, -0.1) is 0 Å². The largest absolute Gasteiger partial charge is 0.494 e. The van der Waals surface area contributed by atoms with Crippen molar-refractivity contribution in [3.8, 4) is 16.9 Å². The lowest BCUT2D eigenvalue weighted by atomic mass is 9.94. The summed E-state index contributed by atoms with van der Waals surface area (Å²) in [7, 11) is 1.33. The smallest absolute Gasteiger partial charge is 0.258 e. The van der Waals surface area contributed by atoms with Crippen molar-refractivity contribution >= 4 is 28.5 Å². The average molecular weight is 496 g/mol. The predicted octanol–water partition coefficient (Wildman–Crippen LogP) is 6.63. The van der Waals surface area contributed by atoms with Crippen molar-refractivity contribution in [2.75, 3.05) is 13.7 Å². The number of carbonyl (C=O) groups is 1. The molecule has 1 aromatic heterocycles. The number of methoxy groups -OCH3 is 1. The number of benzene rings is 3. The number of likely N-dealkylation sites (tertiary alicyclic amines) is 1. The number of nitrogens with zero attached hydrogens (tertiary/aromatic N) is 2. The molecule has 1 N–H and O–H groups in total. The summed E-state index contributed by atoms with van der Waals surface area (Å²) < 4.78 is 35.5. The average Bonchev–Trinajstić information content (AvgIpc) is 3.46. The van der Waals surface area contributed by atoms with Crippen molar-refractivity contribution in [3.63, 3.8) is 0 Å². The zero-order chi connectivity index (χ0) is 24.9. The van der Waals surface area contributed by atoms with Crippen molar-refractivity contribution in [1.29, 1.82) is 0 Å². The lowest BCUT2D eigenvalue weighted by Gasteiger charge is -2.34. The van der Waals surface area contributed by atoms with Gasteiger partial charge in [0, 0.05) is 22.7 Å². The van der Waals surface area contributed by atoms with Gasteiger partial charge < -0.3 is 14.6 Å². The Labute approximate surface area is 206 Å². The molecule has 5 rings (SSSR count). The van der Waals surface area contributed by atoms with E-state index in [1.807, 2.05) is 19.9 Å². The van der Waals surface area contributed by atoms with E-state index in [1.165, 1.54) is 31.4 Å². The highest BCUT2D eigenvalue weighted by molar-refractivity contribution is 6.32. The van der Waals surface area contributed by atoms with Crippen LogP contribution in [0.4, 0.5) is 8.78 Å². The zero-order valence-corrected chi connectivity index (χ0v) is 20.3. The third-order valence-corrected chi connectivity index (χ3v) is 7.35. The fourth-order valence-corrected chi connectivity index (χ4v) is 5.09. The van der Waals surface area contributed by atoms with E-state index in [4.69, 9.17) is 21.3 Å². The Morgan fingerprint density at radius 3 is 2.66 bits per heavy atom. The highest BCUT2D eigenvalue weighted by Crippen LogP contribution is 2.42. The first kappa shape index (κ1) is 23.3. The molecule has 1 saturated heterocycles. The van der Waals surface area contributed by atoms with Crippen molar-refractivity contribution < 1.29 is 18.3 Å². The summed E-state index contributed by atoms with van der Waals surface area (Å²) in [5.74, 6) is -1.39. The van der Waals surface area contributed by atoms with Crippen molar-refractivity contribution in [2.24, 2.45) is 0 Å².